The van der Waals surface area contributed by atoms with E-state index in [2.05, 4.69) is 71.7 Å². The van der Waals surface area contributed by atoms with Crippen molar-refractivity contribution in [2.45, 2.75) is 38.6 Å². The third kappa shape index (κ3) is 5.78. The predicted octanol–water partition coefficient (Wildman–Crippen LogP) is 4.50. The number of hydrogen-bond donors (Lipinski definition) is 0. The molecule has 7 heteroatoms. The molecule has 0 atom stereocenters. The van der Waals surface area contributed by atoms with Crippen molar-refractivity contribution in [3.63, 3.8) is 0 Å². The third-order valence-electron chi connectivity index (χ3n) is 3.89. The van der Waals surface area contributed by atoms with E-state index < -0.39 is 0 Å². The average molecular weight is 378 g/mol. The van der Waals surface area contributed by atoms with Gasteiger partial charge >= 0.3 is 0 Å². The van der Waals surface area contributed by atoms with Crippen LogP contribution < -0.4 is 9.80 Å². The minimum absolute atomic E-state index is 0.768. The summed E-state index contributed by atoms with van der Waals surface area (Å²) in [5.41, 5.74) is 1.31. The molecule has 0 spiro atoms. The Bertz CT molecular complexity index is 600. The van der Waals surface area contributed by atoms with Crippen molar-refractivity contribution in [2.75, 3.05) is 36.0 Å². The van der Waals surface area contributed by atoms with Crippen molar-refractivity contribution in [2.24, 2.45) is 0 Å². The van der Waals surface area contributed by atoms with Gasteiger partial charge in [0.05, 0.1) is 0 Å². The van der Waals surface area contributed by atoms with Gasteiger partial charge in [-0.25, -0.2) is 0 Å². The van der Waals surface area contributed by atoms with Crippen LogP contribution in [0.1, 0.15) is 33.3 Å². The van der Waals surface area contributed by atoms with E-state index in [4.69, 9.17) is 4.98 Å². The fraction of sp³-hybridized carbons (Fsp3) is 0.500. The van der Waals surface area contributed by atoms with Gasteiger partial charge in [-0.15, -0.1) is 0 Å². The van der Waals surface area contributed by atoms with Crippen LogP contribution >= 0.6 is 21.6 Å². The summed E-state index contributed by atoms with van der Waals surface area (Å²) in [6, 6.07) is 10.5. The minimum atomic E-state index is 0.768. The van der Waals surface area contributed by atoms with Crippen molar-refractivity contribution in [1.29, 1.82) is 0 Å². The molecule has 0 saturated carbocycles. The second-order valence-electron chi connectivity index (χ2n) is 5.39. The quantitative estimate of drug-likeness (QED) is 0.565. The van der Waals surface area contributed by atoms with Crippen LogP contribution in [0.4, 0.5) is 11.9 Å². The van der Waals surface area contributed by atoms with E-state index in [9.17, 15) is 0 Å². The Labute approximate surface area is 159 Å². The molecule has 0 bridgehead atoms. The maximum atomic E-state index is 4.69. The summed E-state index contributed by atoms with van der Waals surface area (Å²) in [5, 5.41) is 0.778. The lowest BCUT2D eigenvalue weighted by molar-refractivity contribution is 0.747. The molecule has 0 aliphatic heterocycles. The molecule has 2 rings (SSSR count). The highest BCUT2D eigenvalue weighted by Crippen LogP contribution is 2.32. The molecule has 2 aromatic rings. The molecule has 0 aliphatic rings. The number of aromatic nitrogens is 3. The van der Waals surface area contributed by atoms with Crippen molar-refractivity contribution in [3.8, 4) is 0 Å². The van der Waals surface area contributed by atoms with Gasteiger partial charge in [0.15, 0.2) is 0 Å². The molecular weight excluding hydrogens is 350 g/mol. The van der Waals surface area contributed by atoms with E-state index in [-0.39, 0.29) is 0 Å². The Morgan fingerprint density at radius 2 is 1.28 bits per heavy atom. The van der Waals surface area contributed by atoms with Crippen molar-refractivity contribution in [1.82, 2.24) is 15.0 Å². The molecule has 0 aliphatic carbocycles. The van der Waals surface area contributed by atoms with Crippen LogP contribution in [0.15, 0.2) is 35.5 Å². The normalized spacial score (nSPS) is 10.7. The Kier molecular flexibility index (Phi) is 8.34. The van der Waals surface area contributed by atoms with Crippen molar-refractivity contribution in [3.05, 3.63) is 35.9 Å². The summed E-state index contributed by atoms with van der Waals surface area (Å²) in [5.74, 6) is 2.47. The summed E-state index contributed by atoms with van der Waals surface area (Å²) in [6.45, 7) is 12.1. The SMILES string of the molecule is CCN(CC)c1nc(SSCc2ccccc2)nc(N(CC)CC)n1. The van der Waals surface area contributed by atoms with Crippen molar-refractivity contribution >= 4 is 33.5 Å². The lowest BCUT2D eigenvalue weighted by atomic mass is 10.2. The monoisotopic (exact) mass is 377 g/mol. The fourth-order valence-electron chi connectivity index (χ4n) is 2.39. The maximum Gasteiger partial charge on any atom is 0.231 e. The first-order valence-corrected chi connectivity index (χ1v) is 11.1. The zero-order chi connectivity index (χ0) is 18.1. The molecule has 0 fully saturated rings. The van der Waals surface area contributed by atoms with Crippen molar-refractivity contribution < 1.29 is 0 Å². The number of benzene rings is 1. The van der Waals surface area contributed by atoms with Gasteiger partial charge < -0.3 is 9.80 Å². The van der Waals surface area contributed by atoms with Gasteiger partial charge in [-0.05, 0) is 44.1 Å². The van der Waals surface area contributed by atoms with Gasteiger partial charge in [0.1, 0.15) is 0 Å². The highest BCUT2D eigenvalue weighted by Gasteiger charge is 2.15. The van der Waals surface area contributed by atoms with E-state index in [1.807, 2.05) is 6.07 Å². The molecule has 0 unspecified atom stereocenters. The second kappa shape index (κ2) is 10.5. The van der Waals surface area contributed by atoms with Gasteiger partial charge in [-0.1, -0.05) is 41.1 Å². The summed E-state index contributed by atoms with van der Waals surface area (Å²) >= 11 is 0. The molecular formula is C18H27N5S2. The first kappa shape index (κ1) is 19.8. The number of anilines is 2. The van der Waals surface area contributed by atoms with Crippen LogP contribution in [0.5, 0.6) is 0 Å². The van der Waals surface area contributed by atoms with Crippen LogP contribution in [0.25, 0.3) is 0 Å². The second-order valence-corrected chi connectivity index (χ2v) is 7.66. The van der Waals surface area contributed by atoms with Gasteiger partial charge in [0, 0.05) is 31.9 Å². The number of nitrogens with zero attached hydrogens (tertiary/aromatic N) is 5. The van der Waals surface area contributed by atoms with Crippen LogP contribution in [0.3, 0.4) is 0 Å². The highest BCUT2D eigenvalue weighted by molar-refractivity contribution is 8.76. The molecule has 1 aromatic heterocycles. The largest absolute Gasteiger partial charge is 0.341 e. The van der Waals surface area contributed by atoms with Gasteiger partial charge in [0.25, 0.3) is 0 Å². The lowest BCUT2D eigenvalue weighted by Crippen LogP contribution is -2.28. The predicted molar refractivity (Wildman–Crippen MR) is 111 cm³/mol. The molecule has 5 nitrogen and oxygen atoms in total. The van der Waals surface area contributed by atoms with Gasteiger partial charge in [0.2, 0.25) is 17.1 Å². The van der Waals surface area contributed by atoms with E-state index in [0.717, 1.165) is 49.0 Å². The van der Waals surface area contributed by atoms with Gasteiger partial charge in [-0.2, -0.15) is 15.0 Å². The molecule has 0 amide bonds. The Morgan fingerprint density at radius 3 is 1.76 bits per heavy atom. The minimum Gasteiger partial charge on any atom is -0.341 e. The fourth-order valence-corrected chi connectivity index (χ4v) is 4.25. The van der Waals surface area contributed by atoms with E-state index in [1.54, 1.807) is 21.6 Å². The van der Waals surface area contributed by atoms with Gasteiger partial charge in [-0.3, -0.25) is 0 Å². The molecule has 1 heterocycles. The van der Waals surface area contributed by atoms with Crippen LogP contribution in [-0.4, -0.2) is 41.1 Å². The summed E-state index contributed by atoms with van der Waals surface area (Å²) in [7, 11) is 3.38. The van der Waals surface area contributed by atoms with E-state index in [0.29, 0.717) is 0 Å². The number of rotatable bonds is 10. The number of hydrogen-bond acceptors (Lipinski definition) is 7. The molecule has 0 N–H and O–H groups in total. The Morgan fingerprint density at radius 1 is 0.760 bits per heavy atom. The first-order chi connectivity index (χ1) is 12.2. The topological polar surface area (TPSA) is 45.2 Å². The molecule has 0 saturated heterocycles. The van der Waals surface area contributed by atoms with E-state index >= 15 is 0 Å². The third-order valence-corrected chi connectivity index (χ3v) is 5.94. The summed E-state index contributed by atoms with van der Waals surface area (Å²) < 4.78 is 0. The zero-order valence-corrected chi connectivity index (χ0v) is 17.1. The van der Waals surface area contributed by atoms with Crippen LogP contribution in [0, 0.1) is 0 Å². The lowest BCUT2D eigenvalue weighted by Gasteiger charge is -2.23. The maximum absolute atomic E-state index is 4.69. The molecule has 136 valence electrons. The van der Waals surface area contributed by atoms with E-state index in [1.165, 1.54) is 5.56 Å². The highest BCUT2D eigenvalue weighted by atomic mass is 33.1. The van der Waals surface area contributed by atoms with Crippen LogP contribution in [0.2, 0.25) is 0 Å². The molecule has 25 heavy (non-hydrogen) atoms. The Hall–Kier alpha value is -1.47. The molecule has 0 radical (unpaired) electrons. The summed E-state index contributed by atoms with van der Waals surface area (Å²) in [6.07, 6.45) is 0. The van der Waals surface area contributed by atoms with Crippen LogP contribution in [-0.2, 0) is 5.75 Å². The molecule has 1 aromatic carbocycles. The average Bonchev–Trinajstić information content (AvgIpc) is 2.65. The zero-order valence-electron chi connectivity index (χ0n) is 15.5. The first-order valence-electron chi connectivity index (χ1n) is 8.81. The summed E-state index contributed by atoms with van der Waals surface area (Å²) in [4.78, 5) is 18.4. The standard InChI is InChI=1S/C18H27N5S2/c1-5-22(6-2)16-19-17(23(7-3)8-4)21-18(20-16)25-24-14-15-12-10-9-11-13-15/h9-13H,5-8,14H2,1-4H3. The Balaban J connectivity index is 2.16. The smallest absolute Gasteiger partial charge is 0.231 e.